The number of hydrogen-bond donors (Lipinski definition) is 1. The molecule has 2 aromatic rings. The third-order valence-corrected chi connectivity index (χ3v) is 3.94. The number of ether oxygens (including phenoxy) is 1. The van der Waals surface area contributed by atoms with Gasteiger partial charge in [-0.15, -0.1) is 0 Å². The highest BCUT2D eigenvalue weighted by Gasteiger charge is 2.32. The summed E-state index contributed by atoms with van der Waals surface area (Å²) in [7, 11) is 0. The van der Waals surface area contributed by atoms with Gasteiger partial charge in [-0.25, -0.2) is 14.2 Å². The molecular formula is C17H16ClFN4O3. The van der Waals surface area contributed by atoms with Gasteiger partial charge in [-0.3, -0.25) is 9.69 Å². The number of benzene rings is 1. The molecule has 2 heterocycles. The van der Waals surface area contributed by atoms with Crippen LogP contribution in [0.2, 0.25) is 0 Å². The molecule has 0 bridgehead atoms. The van der Waals surface area contributed by atoms with Gasteiger partial charge in [-0.1, -0.05) is 11.6 Å². The van der Waals surface area contributed by atoms with Gasteiger partial charge in [0.15, 0.2) is 0 Å². The van der Waals surface area contributed by atoms with E-state index in [1.807, 2.05) is 0 Å². The lowest BCUT2D eigenvalue weighted by molar-refractivity contribution is -0.119. The molecule has 1 aliphatic rings. The van der Waals surface area contributed by atoms with Crippen LogP contribution in [0, 0.1) is 5.82 Å². The average molecular weight is 379 g/mol. The van der Waals surface area contributed by atoms with Crippen molar-refractivity contribution in [2.24, 2.45) is 0 Å². The monoisotopic (exact) mass is 378 g/mol. The molecule has 26 heavy (non-hydrogen) atoms. The third-order valence-electron chi connectivity index (χ3n) is 3.81. The average Bonchev–Trinajstić information content (AvgIpc) is 3.20. The number of carbonyl (C=O) groups excluding carboxylic acids is 2. The van der Waals surface area contributed by atoms with Gasteiger partial charge in [0, 0.05) is 18.7 Å². The molecule has 136 valence electrons. The second kappa shape index (κ2) is 7.57. The van der Waals surface area contributed by atoms with Crippen molar-refractivity contribution in [3.05, 3.63) is 47.8 Å². The molecule has 0 unspecified atom stereocenters. The van der Waals surface area contributed by atoms with Gasteiger partial charge < -0.3 is 14.6 Å². The zero-order valence-corrected chi connectivity index (χ0v) is 14.6. The molecular weight excluding hydrogens is 363 g/mol. The molecule has 1 N–H and O–H groups in total. The van der Waals surface area contributed by atoms with Crippen LogP contribution >= 0.6 is 11.6 Å². The summed E-state index contributed by atoms with van der Waals surface area (Å²) in [5.41, 5.74) is 2.58. The van der Waals surface area contributed by atoms with Gasteiger partial charge in [-0.2, -0.15) is 0 Å². The molecule has 1 saturated heterocycles. The van der Waals surface area contributed by atoms with E-state index in [0.29, 0.717) is 11.4 Å². The maximum absolute atomic E-state index is 14.5. The summed E-state index contributed by atoms with van der Waals surface area (Å²) in [6, 6.07) is 4.43. The van der Waals surface area contributed by atoms with Crippen LogP contribution in [0.5, 0.6) is 0 Å². The Bertz CT molecular complexity index is 867. The second-order valence-corrected chi connectivity index (χ2v) is 5.94. The highest BCUT2D eigenvalue weighted by molar-refractivity contribution is 6.27. The predicted molar refractivity (Wildman–Crippen MR) is 94.7 cm³/mol. The van der Waals surface area contributed by atoms with Gasteiger partial charge in [0.1, 0.15) is 11.9 Å². The molecule has 9 heteroatoms. The molecule has 1 aromatic heterocycles. The molecule has 3 rings (SSSR count). The highest BCUT2D eigenvalue weighted by Crippen LogP contribution is 2.25. The summed E-state index contributed by atoms with van der Waals surface area (Å²) in [4.78, 5) is 28.4. The Kier molecular flexibility index (Phi) is 5.22. The first-order valence-electron chi connectivity index (χ1n) is 7.81. The van der Waals surface area contributed by atoms with Crippen LogP contribution in [0.3, 0.4) is 0 Å². The molecule has 0 saturated carbocycles. The van der Waals surface area contributed by atoms with E-state index < -0.39 is 18.0 Å². The lowest BCUT2D eigenvalue weighted by Crippen LogP contribution is -2.33. The number of cyclic esters (lactones) is 1. The van der Waals surface area contributed by atoms with Gasteiger partial charge in [0.05, 0.1) is 36.5 Å². The van der Waals surface area contributed by atoms with Gasteiger partial charge in [0.2, 0.25) is 5.91 Å². The van der Waals surface area contributed by atoms with Crippen LogP contribution in [-0.4, -0.2) is 40.7 Å². The SMILES string of the molecule is CC(=O)NC[C@H]1CN(c2ccc(-n3cnc(C=CCl)c3)c(F)c2)C(=O)O1. The minimum Gasteiger partial charge on any atom is -0.442 e. The summed E-state index contributed by atoms with van der Waals surface area (Å²) in [5.74, 6) is -0.724. The molecule has 0 radical (unpaired) electrons. The number of hydrogen-bond acceptors (Lipinski definition) is 4. The molecule has 1 fully saturated rings. The van der Waals surface area contributed by atoms with Crippen molar-refractivity contribution >= 4 is 35.4 Å². The summed E-state index contributed by atoms with van der Waals surface area (Å²) in [6.07, 6.45) is 3.62. The smallest absolute Gasteiger partial charge is 0.414 e. The Morgan fingerprint density at radius 3 is 3.04 bits per heavy atom. The minimum atomic E-state index is -0.579. The Labute approximate surface area is 154 Å². The number of nitrogens with zero attached hydrogens (tertiary/aromatic N) is 3. The zero-order valence-electron chi connectivity index (χ0n) is 13.9. The molecule has 7 nitrogen and oxygen atoms in total. The standard InChI is InChI=1S/C17H16ClFN4O3/c1-11(24)20-7-14-9-23(17(25)26-14)13-2-3-16(15(19)6-13)22-8-12(4-5-18)21-10-22/h2-6,8,10,14H,7,9H2,1H3,(H,20,24)/t14-/m0/s1. The van der Waals surface area contributed by atoms with Crippen LogP contribution in [0.25, 0.3) is 11.8 Å². The van der Waals surface area contributed by atoms with E-state index in [2.05, 4.69) is 10.3 Å². The zero-order chi connectivity index (χ0) is 18.7. The van der Waals surface area contributed by atoms with Crippen molar-refractivity contribution in [3.8, 4) is 5.69 Å². The lowest BCUT2D eigenvalue weighted by atomic mass is 10.2. The summed E-state index contributed by atoms with van der Waals surface area (Å²) < 4.78 is 21.2. The fourth-order valence-corrected chi connectivity index (χ4v) is 2.72. The normalized spacial score (nSPS) is 17.0. The van der Waals surface area contributed by atoms with Crippen LogP contribution in [-0.2, 0) is 9.53 Å². The Balaban J connectivity index is 1.76. The topological polar surface area (TPSA) is 76.5 Å². The minimum absolute atomic E-state index is 0.210. The van der Waals surface area contributed by atoms with E-state index in [-0.39, 0.29) is 24.7 Å². The van der Waals surface area contributed by atoms with Crippen LogP contribution in [0.15, 0.2) is 36.3 Å². The fourth-order valence-electron chi connectivity index (χ4n) is 2.59. The number of carbonyl (C=O) groups is 2. The number of amides is 2. The second-order valence-electron chi connectivity index (χ2n) is 5.69. The first-order valence-corrected chi connectivity index (χ1v) is 8.25. The Morgan fingerprint density at radius 2 is 2.35 bits per heavy atom. The molecule has 0 spiro atoms. The van der Waals surface area contributed by atoms with E-state index in [4.69, 9.17) is 16.3 Å². The number of nitrogens with one attached hydrogen (secondary N) is 1. The van der Waals surface area contributed by atoms with E-state index in [1.165, 1.54) is 34.3 Å². The van der Waals surface area contributed by atoms with E-state index in [0.717, 1.165) is 0 Å². The van der Waals surface area contributed by atoms with Crippen molar-refractivity contribution in [2.75, 3.05) is 18.0 Å². The van der Waals surface area contributed by atoms with Gasteiger partial charge >= 0.3 is 6.09 Å². The number of rotatable bonds is 5. The summed E-state index contributed by atoms with van der Waals surface area (Å²) in [6.45, 7) is 1.82. The molecule has 2 amide bonds. The van der Waals surface area contributed by atoms with E-state index in [9.17, 15) is 14.0 Å². The maximum Gasteiger partial charge on any atom is 0.414 e. The number of halogens is 2. The fraction of sp³-hybridized carbons (Fsp3) is 0.235. The number of anilines is 1. The quantitative estimate of drug-likeness (QED) is 0.867. The third kappa shape index (κ3) is 3.85. The van der Waals surface area contributed by atoms with Crippen LogP contribution in [0.1, 0.15) is 12.6 Å². The summed E-state index contributed by atoms with van der Waals surface area (Å²) >= 11 is 5.50. The van der Waals surface area contributed by atoms with Gasteiger partial charge in [0.25, 0.3) is 0 Å². The van der Waals surface area contributed by atoms with Gasteiger partial charge in [-0.05, 0) is 24.3 Å². The number of imidazole rings is 1. The molecule has 1 aliphatic heterocycles. The first-order chi connectivity index (χ1) is 12.5. The summed E-state index contributed by atoms with van der Waals surface area (Å²) in [5, 5.41) is 2.59. The van der Waals surface area contributed by atoms with Crippen LogP contribution in [0.4, 0.5) is 14.9 Å². The largest absolute Gasteiger partial charge is 0.442 e. The van der Waals surface area contributed by atoms with E-state index >= 15 is 0 Å². The Hall–Kier alpha value is -2.87. The maximum atomic E-state index is 14.5. The highest BCUT2D eigenvalue weighted by atomic mass is 35.5. The van der Waals surface area contributed by atoms with Crippen molar-refractivity contribution in [2.45, 2.75) is 13.0 Å². The van der Waals surface area contributed by atoms with Crippen molar-refractivity contribution in [1.82, 2.24) is 14.9 Å². The number of aromatic nitrogens is 2. The van der Waals surface area contributed by atoms with E-state index in [1.54, 1.807) is 24.4 Å². The van der Waals surface area contributed by atoms with Crippen molar-refractivity contribution in [3.63, 3.8) is 0 Å². The first kappa shape index (κ1) is 17.9. The molecule has 1 atom stereocenters. The predicted octanol–water partition coefficient (Wildman–Crippen LogP) is 2.68. The van der Waals surface area contributed by atoms with Crippen molar-refractivity contribution < 1.29 is 18.7 Å². The lowest BCUT2D eigenvalue weighted by Gasteiger charge is -2.14. The van der Waals surface area contributed by atoms with Crippen molar-refractivity contribution in [1.29, 1.82) is 0 Å². The Morgan fingerprint density at radius 1 is 1.54 bits per heavy atom. The molecule has 0 aliphatic carbocycles. The molecule has 1 aromatic carbocycles. The van der Waals surface area contributed by atoms with Crippen LogP contribution < -0.4 is 10.2 Å².